The first-order chi connectivity index (χ1) is 9.48. The topological polar surface area (TPSA) is 54.0 Å². The Bertz CT molecular complexity index is 599. The molecule has 0 unspecified atom stereocenters. The number of hydrazine groups is 1. The average molecular weight is 281 g/mol. The Morgan fingerprint density at radius 2 is 1.75 bits per heavy atom. The van der Waals surface area contributed by atoms with Gasteiger partial charge in [-0.15, -0.1) is 0 Å². The highest BCUT2D eigenvalue weighted by Crippen LogP contribution is 2.34. The summed E-state index contributed by atoms with van der Waals surface area (Å²) < 4.78 is 38.2. The molecule has 4 nitrogen and oxygen atoms in total. The van der Waals surface area contributed by atoms with E-state index in [0.717, 1.165) is 6.07 Å². The van der Waals surface area contributed by atoms with E-state index in [-0.39, 0.29) is 11.4 Å². The van der Waals surface area contributed by atoms with Crippen molar-refractivity contribution in [2.45, 2.75) is 6.18 Å². The number of rotatable bonds is 3. The van der Waals surface area contributed by atoms with Crippen LogP contribution in [0, 0.1) is 0 Å². The van der Waals surface area contributed by atoms with Crippen molar-refractivity contribution in [3.05, 3.63) is 59.9 Å². The molecule has 0 spiro atoms. The van der Waals surface area contributed by atoms with Crippen LogP contribution < -0.4 is 10.9 Å². The maximum absolute atomic E-state index is 12.7. The Balaban J connectivity index is 2.11. The summed E-state index contributed by atoms with van der Waals surface area (Å²) in [5.41, 5.74) is 3.44. The molecule has 7 heteroatoms. The van der Waals surface area contributed by atoms with Gasteiger partial charge in [-0.2, -0.15) is 13.2 Å². The summed E-state index contributed by atoms with van der Waals surface area (Å²) in [6.45, 7) is 0. The molecule has 1 amide bonds. The summed E-state index contributed by atoms with van der Waals surface area (Å²) in [4.78, 5) is 15.4. The maximum atomic E-state index is 12.7. The molecule has 1 aromatic carbocycles. The van der Waals surface area contributed by atoms with Crippen LogP contribution in [-0.2, 0) is 6.18 Å². The van der Waals surface area contributed by atoms with Gasteiger partial charge in [-0.1, -0.05) is 18.2 Å². The van der Waals surface area contributed by atoms with Crippen molar-refractivity contribution in [3.8, 4) is 0 Å². The third kappa shape index (κ3) is 3.25. The molecular weight excluding hydrogens is 271 g/mol. The number of aromatic nitrogens is 1. The molecule has 1 aromatic heterocycles. The lowest BCUT2D eigenvalue weighted by Gasteiger charge is -2.14. The minimum Gasteiger partial charge on any atom is -0.298 e. The molecule has 2 N–H and O–H groups in total. The van der Waals surface area contributed by atoms with Crippen molar-refractivity contribution in [1.82, 2.24) is 10.4 Å². The monoisotopic (exact) mass is 281 g/mol. The average Bonchev–Trinajstić information content (AvgIpc) is 2.45. The van der Waals surface area contributed by atoms with Gasteiger partial charge in [0.15, 0.2) is 0 Å². The van der Waals surface area contributed by atoms with Crippen LogP contribution in [0.4, 0.5) is 18.9 Å². The molecule has 0 fully saturated rings. The SMILES string of the molecule is O=C(NNc1ccccc1C(F)(F)F)c1ccccn1. The first-order valence-corrected chi connectivity index (χ1v) is 5.62. The lowest BCUT2D eigenvalue weighted by molar-refractivity contribution is -0.137. The van der Waals surface area contributed by atoms with E-state index in [9.17, 15) is 18.0 Å². The van der Waals surface area contributed by atoms with Gasteiger partial charge in [-0.05, 0) is 24.3 Å². The number of alkyl halides is 3. The molecule has 0 aliphatic rings. The minimum absolute atomic E-state index is 0.101. The van der Waals surface area contributed by atoms with Crippen molar-refractivity contribution in [1.29, 1.82) is 0 Å². The van der Waals surface area contributed by atoms with Gasteiger partial charge >= 0.3 is 6.18 Å². The van der Waals surface area contributed by atoms with Crippen LogP contribution in [0.15, 0.2) is 48.7 Å². The first kappa shape index (κ1) is 13.9. The van der Waals surface area contributed by atoms with Crippen LogP contribution in [0.2, 0.25) is 0 Å². The number of nitrogens with zero attached hydrogens (tertiary/aromatic N) is 1. The summed E-state index contributed by atoms with van der Waals surface area (Å²) in [6, 6.07) is 9.54. The van der Waals surface area contributed by atoms with Gasteiger partial charge in [0, 0.05) is 6.20 Å². The molecule has 0 saturated carbocycles. The zero-order valence-electron chi connectivity index (χ0n) is 10.1. The number of carbonyl (C=O) groups is 1. The van der Waals surface area contributed by atoms with Crippen molar-refractivity contribution < 1.29 is 18.0 Å². The largest absolute Gasteiger partial charge is 0.418 e. The molecule has 0 atom stereocenters. The van der Waals surface area contributed by atoms with E-state index in [1.165, 1.54) is 30.5 Å². The Hall–Kier alpha value is -2.57. The van der Waals surface area contributed by atoms with Crippen LogP contribution >= 0.6 is 0 Å². The standard InChI is InChI=1S/C13H10F3N3O/c14-13(15,16)9-5-1-2-6-10(9)18-19-12(20)11-7-3-4-8-17-11/h1-8,18H,(H,19,20). The lowest BCUT2D eigenvalue weighted by atomic mass is 10.2. The highest BCUT2D eigenvalue weighted by Gasteiger charge is 2.33. The number of carbonyl (C=O) groups excluding carboxylic acids is 1. The zero-order valence-corrected chi connectivity index (χ0v) is 10.1. The maximum Gasteiger partial charge on any atom is 0.418 e. The predicted molar refractivity (Wildman–Crippen MR) is 66.8 cm³/mol. The molecule has 0 radical (unpaired) electrons. The van der Waals surface area contributed by atoms with Crippen LogP contribution in [0.3, 0.4) is 0 Å². The fourth-order valence-electron chi connectivity index (χ4n) is 1.52. The molecule has 0 bridgehead atoms. The van der Waals surface area contributed by atoms with Gasteiger partial charge < -0.3 is 0 Å². The van der Waals surface area contributed by atoms with E-state index < -0.39 is 17.6 Å². The van der Waals surface area contributed by atoms with Gasteiger partial charge in [0.25, 0.3) is 5.91 Å². The molecular formula is C13H10F3N3O. The predicted octanol–water partition coefficient (Wildman–Crippen LogP) is 2.86. The zero-order chi connectivity index (χ0) is 14.6. The molecule has 2 aromatic rings. The first-order valence-electron chi connectivity index (χ1n) is 5.62. The lowest BCUT2D eigenvalue weighted by Crippen LogP contribution is -2.31. The van der Waals surface area contributed by atoms with E-state index >= 15 is 0 Å². The fraction of sp³-hybridized carbons (Fsp3) is 0.0769. The summed E-state index contributed by atoms with van der Waals surface area (Å²) in [5.74, 6) is -0.623. The fourth-order valence-corrected chi connectivity index (χ4v) is 1.52. The normalized spacial score (nSPS) is 10.9. The summed E-state index contributed by atoms with van der Waals surface area (Å²) in [7, 11) is 0. The number of anilines is 1. The number of para-hydroxylation sites is 1. The van der Waals surface area contributed by atoms with Gasteiger partial charge in [-0.25, -0.2) is 0 Å². The second-order valence-corrected chi connectivity index (χ2v) is 3.84. The van der Waals surface area contributed by atoms with Gasteiger partial charge in [-0.3, -0.25) is 20.6 Å². The molecule has 1 heterocycles. The van der Waals surface area contributed by atoms with E-state index in [1.54, 1.807) is 12.1 Å². The van der Waals surface area contributed by atoms with Crippen molar-refractivity contribution in [2.24, 2.45) is 0 Å². The van der Waals surface area contributed by atoms with E-state index in [2.05, 4.69) is 15.8 Å². The van der Waals surface area contributed by atoms with E-state index in [1.807, 2.05) is 0 Å². The van der Waals surface area contributed by atoms with Crippen LogP contribution in [0.25, 0.3) is 0 Å². The molecule has 0 aliphatic carbocycles. The van der Waals surface area contributed by atoms with Gasteiger partial charge in [0.2, 0.25) is 0 Å². The molecule has 104 valence electrons. The molecule has 0 aliphatic heterocycles. The number of halogens is 3. The quantitative estimate of drug-likeness (QED) is 0.851. The smallest absolute Gasteiger partial charge is 0.298 e. The third-order valence-electron chi connectivity index (χ3n) is 2.44. The van der Waals surface area contributed by atoms with Crippen molar-refractivity contribution in [3.63, 3.8) is 0 Å². The summed E-state index contributed by atoms with van der Waals surface area (Å²) in [5, 5.41) is 0. The molecule has 2 rings (SSSR count). The summed E-state index contributed by atoms with van der Waals surface area (Å²) >= 11 is 0. The van der Waals surface area contributed by atoms with Crippen LogP contribution in [-0.4, -0.2) is 10.9 Å². The van der Waals surface area contributed by atoms with Gasteiger partial charge in [0.1, 0.15) is 5.69 Å². The van der Waals surface area contributed by atoms with Crippen molar-refractivity contribution >= 4 is 11.6 Å². The number of nitrogens with one attached hydrogen (secondary N) is 2. The number of hydrogen-bond donors (Lipinski definition) is 2. The second-order valence-electron chi connectivity index (χ2n) is 3.84. The minimum atomic E-state index is -4.50. The highest BCUT2D eigenvalue weighted by molar-refractivity contribution is 5.92. The third-order valence-corrected chi connectivity index (χ3v) is 2.44. The molecule has 20 heavy (non-hydrogen) atoms. The van der Waals surface area contributed by atoms with Crippen LogP contribution in [0.1, 0.15) is 16.1 Å². The second kappa shape index (κ2) is 5.60. The molecule has 0 saturated heterocycles. The summed E-state index contributed by atoms with van der Waals surface area (Å²) in [6.07, 6.45) is -3.09. The van der Waals surface area contributed by atoms with E-state index in [0.29, 0.717) is 0 Å². The Kier molecular flexibility index (Phi) is 3.88. The Morgan fingerprint density at radius 3 is 2.40 bits per heavy atom. The Labute approximate surface area is 112 Å². The van der Waals surface area contributed by atoms with Crippen LogP contribution in [0.5, 0.6) is 0 Å². The van der Waals surface area contributed by atoms with E-state index in [4.69, 9.17) is 0 Å². The number of amides is 1. The number of benzene rings is 1. The van der Waals surface area contributed by atoms with Crippen molar-refractivity contribution in [2.75, 3.05) is 5.43 Å². The van der Waals surface area contributed by atoms with Gasteiger partial charge in [0.05, 0.1) is 11.3 Å². The number of pyridine rings is 1. The Morgan fingerprint density at radius 1 is 1.05 bits per heavy atom. The highest BCUT2D eigenvalue weighted by atomic mass is 19.4. The number of hydrogen-bond acceptors (Lipinski definition) is 3.